The van der Waals surface area contributed by atoms with Crippen LogP contribution in [-0.2, 0) is 33.2 Å². The number of carbonyl (C=O) groups is 1. The summed E-state index contributed by atoms with van der Waals surface area (Å²) in [5.74, 6) is -0.389. The molecule has 0 aromatic heterocycles. The van der Waals surface area contributed by atoms with Gasteiger partial charge in [0.2, 0.25) is 0 Å². The van der Waals surface area contributed by atoms with Crippen molar-refractivity contribution in [2.45, 2.75) is 191 Å². The molecule has 14 heteroatoms. The maximum absolute atomic E-state index is 12.6. The molecule has 0 bridgehead atoms. The number of carbonyl (C=O) groups excluding carboxylic acids is 1. The van der Waals surface area contributed by atoms with Crippen molar-refractivity contribution >= 4 is 5.97 Å². The lowest BCUT2D eigenvalue weighted by atomic mass is 9.98. The van der Waals surface area contributed by atoms with E-state index in [0.29, 0.717) is 13.0 Å². The Balaban J connectivity index is 1.85. The summed E-state index contributed by atoms with van der Waals surface area (Å²) in [6, 6.07) is 0. The van der Waals surface area contributed by atoms with Crippen molar-refractivity contribution in [1.82, 2.24) is 0 Å². The van der Waals surface area contributed by atoms with Gasteiger partial charge in [0, 0.05) is 13.0 Å². The normalized spacial score (nSPS) is 30.7. The maximum Gasteiger partial charge on any atom is 0.306 e. The van der Waals surface area contributed by atoms with Crippen LogP contribution < -0.4 is 0 Å². The first-order valence-corrected chi connectivity index (χ1v) is 19.1. The molecule has 0 aliphatic carbocycles. The molecule has 50 heavy (non-hydrogen) atoms. The third-order valence-electron chi connectivity index (χ3n) is 9.37. The second-order valence-corrected chi connectivity index (χ2v) is 13.8. The highest BCUT2D eigenvalue weighted by atomic mass is 16.7. The molecule has 14 nitrogen and oxygen atoms in total. The molecule has 2 aliphatic heterocycles. The summed E-state index contributed by atoms with van der Waals surface area (Å²) < 4.78 is 33.8. The monoisotopic (exact) mass is 724 g/mol. The summed E-state index contributed by atoms with van der Waals surface area (Å²) in [7, 11) is 0. The van der Waals surface area contributed by atoms with Crippen molar-refractivity contribution in [3.63, 3.8) is 0 Å². The summed E-state index contributed by atoms with van der Waals surface area (Å²) in [6.07, 6.45) is 2.38. The van der Waals surface area contributed by atoms with Crippen LogP contribution in [0.1, 0.15) is 123 Å². The highest BCUT2D eigenvalue weighted by molar-refractivity contribution is 5.69. The van der Waals surface area contributed by atoms with Crippen LogP contribution >= 0.6 is 0 Å². The van der Waals surface area contributed by atoms with Crippen LogP contribution in [0.5, 0.6) is 0 Å². The Morgan fingerprint density at radius 2 is 1.06 bits per heavy atom. The fourth-order valence-electron chi connectivity index (χ4n) is 6.11. The molecule has 7 N–H and O–H groups in total. The van der Waals surface area contributed by atoms with Crippen LogP contribution in [-0.4, -0.2) is 142 Å². The van der Waals surface area contributed by atoms with Gasteiger partial charge in [-0.1, -0.05) is 104 Å². The lowest BCUT2D eigenvalue weighted by molar-refractivity contribution is -0.332. The number of rotatable bonds is 28. The number of aliphatic hydroxyl groups excluding tert-OH is 7. The number of unbranched alkanes of at least 4 members (excludes halogenated alkanes) is 14. The zero-order chi connectivity index (χ0) is 36.7. The Morgan fingerprint density at radius 3 is 1.62 bits per heavy atom. The second kappa shape index (κ2) is 26.7. The predicted molar refractivity (Wildman–Crippen MR) is 183 cm³/mol. The lowest BCUT2D eigenvalue weighted by Gasteiger charge is -2.42. The van der Waals surface area contributed by atoms with Crippen LogP contribution in [0.3, 0.4) is 0 Å². The topological polar surface area (TPSA) is 214 Å². The standard InChI is InChI=1S/C36H68O14/c1-3-5-7-9-10-11-12-13-14-16-18-20-45-22-25(48-28(38)19-17-15-8-6-4-2)23-46-35-34(44)32(42)30(40)27(50-35)24-47-36-33(43)31(41)29(39)26(21-37)49-36/h25-27,29-37,39-44H,3-24H2,1-2H3. The molecular formula is C36H68O14. The van der Waals surface area contributed by atoms with E-state index in [1.165, 1.54) is 51.4 Å². The molecule has 2 fully saturated rings. The van der Waals surface area contributed by atoms with Crippen LogP contribution in [0, 0.1) is 0 Å². The third kappa shape index (κ3) is 16.8. The first-order valence-electron chi connectivity index (χ1n) is 19.1. The Kier molecular flexibility index (Phi) is 24.1. The zero-order valence-corrected chi connectivity index (χ0v) is 30.4. The predicted octanol–water partition coefficient (Wildman–Crippen LogP) is 2.23. The molecule has 0 radical (unpaired) electrons. The first-order chi connectivity index (χ1) is 24.1. The molecule has 0 aromatic rings. The van der Waals surface area contributed by atoms with Gasteiger partial charge in [-0.3, -0.25) is 4.79 Å². The molecule has 2 aliphatic rings. The van der Waals surface area contributed by atoms with Crippen molar-refractivity contribution in [1.29, 1.82) is 0 Å². The zero-order valence-electron chi connectivity index (χ0n) is 30.4. The van der Waals surface area contributed by atoms with Crippen molar-refractivity contribution in [3.8, 4) is 0 Å². The molecule has 0 saturated carbocycles. The van der Waals surface area contributed by atoms with E-state index < -0.39 is 80.7 Å². The summed E-state index contributed by atoms with van der Waals surface area (Å²) in [5, 5.41) is 71.3. The van der Waals surface area contributed by atoms with Crippen molar-refractivity contribution in [3.05, 3.63) is 0 Å². The van der Waals surface area contributed by atoms with Crippen molar-refractivity contribution in [2.24, 2.45) is 0 Å². The Bertz CT molecular complexity index is 850. The fraction of sp³-hybridized carbons (Fsp3) is 0.972. The molecule has 11 unspecified atom stereocenters. The Labute approximate surface area is 298 Å². The van der Waals surface area contributed by atoms with Crippen LogP contribution in [0.15, 0.2) is 0 Å². The number of esters is 1. The molecule has 0 spiro atoms. The van der Waals surface area contributed by atoms with Crippen LogP contribution in [0.4, 0.5) is 0 Å². The van der Waals surface area contributed by atoms with Gasteiger partial charge in [0.1, 0.15) is 54.9 Å². The van der Waals surface area contributed by atoms with Gasteiger partial charge in [-0.15, -0.1) is 0 Å². The number of hydrogen-bond acceptors (Lipinski definition) is 14. The lowest BCUT2D eigenvalue weighted by Crippen LogP contribution is -2.61. The summed E-state index contributed by atoms with van der Waals surface area (Å²) in [5.41, 5.74) is 0. The summed E-state index contributed by atoms with van der Waals surface area (Å²) in [6.45, 7) is 3.56. The largest absolute Gasteiger partial charge is 0.457 e. The van der Waals surface area contributed by atoms with E-state index in [2.05, 4.69) is 13.8 Å². The first kappa shape index (κ1) is 45.1. The minimum atomic E-state index is -1.70. The molecule has 296 valence electrons. The van der Waals surface area contributed by atoms with E-state index in [1.54, 1.807) is 0 Å². The molecule has 2 rings (SSSR count). The van der Waals surface area contributed by atoms with Gasteiger partial charge in [0.15, 0.2) is 12.6 Å². The average Bonchev–Trinajstić information content (AvgIpc) is 3.11. The Hall–Kier alpha value is -1.01. The van der Waals surface area contributed by atoms with Gasteiger partial charge in [-0.2, -0.15) is 0 Å². The van der Waals surface area contributed by atoms with Gasteiger partial charge >= 0.3 is 5.97 Å². The van der Waals surface area contributed by atoms with Gasteiger partial charge in [0.05, 0.1) is 26.4 Å². The second-order valence-electron chi connectivity index (χ2n) is 13.8. The minimum Gasteiger partial charge on any atom is -0.457 e. The molecule has 0 amide bonds. The highest BCUT2D eigenvalue weighted by Crippen LogP contribution is 2.26. The molecule has 2 heterocycles. The molecule has 11 atom stereocenters. The van der Waals surface area contributed by atoms with E-state index in [9.17, 15) is 40.5 Å². The van der Waals surface area contributed by atoms with Gasteiger partial charge in [-0.25, -0.2) is 0 Å². The van der Waals surface area contributed by atoms with Crippen molar-refractivity contribution < 1.29 is 69.0 Å². The summed E-state index contributed by atoms with van der Waals surface area (Å²) in [4.78, 5) is 12.6. The van der Waals surface area contributed by atoms with E-state index in [-0.39, 0.29) is 25.6 Å². The van der Waals surface area contributed by atoms with E-state index in [4.69, 9.17) is 28.4 Å². The number of aliphatic hydroxyl groups is 7. The molecule has 2 saturated heterocycles. The van der Waals surface area contributed by atoms with E-state index in [1.807, 2.05) is 0 Å². The molecule has 0 aromatic carbocycles. The average molecular weight is 725 g/mol. The fourth-order valence-corrected chi connectivity index (χ4v) is 6.11. The number of hydrogen-bond donors (Lipinski definition) is 7. The molecular weight excluding hydrogens is 656 g/mol. The van der Waals surface area contributed by atoms with Crippen LogP contribution in [0.25, 0.3) is 0 Å². The smallest absolute Gasteiger partial charge is 0.306 e. The SMILES string of the molecule is CCCCCCCCCCCCCOCC(COC1OC(COC2OC(CO)C(O)C(O)C2O)C(O)C(O)C1O)OC(=O)CCCCCCC. The third-order valence-corrected chi connectivity index (χ3v) is 9.37. The maximum atomic E-state index is 12.6. The minimum absolute atomic E-state index is 0.0664. The number of ether oxygens (including phenoxy) is 6. The van der Waals surface area contributed by atoms with Gasteiger partial charge < -0.3 is 64.2 Å². The Morgan fingerprint density at radius 1 is 0.580 bits per heavy atom. The van der Waals surface area contributed by atoms with Crippen LogP contribution in [0.2, 0.25) is 0 Å². The van der Waals surface area contributed by atoms with E-state index >= 15 is 0 Å². The van der Waals surface area contributed by atoms with Crippen molar-refractivity contribution in [2.75, 3.05) is 33.0 Å². The van der Waals surface area contributed by atoms with Gasteiger partial charge in [0.25, 0.3) is 0 Å². The quantitative estimate of drug-likeness (QED) is 0.0456. The highest BCUT2D eigenvalue weighted by Gasteiger charge is 2.47. The summed E-state index contributed by atoms with van der Waals surface area (Å²) >= 11 is 0. The van der Waals surface area contributed by atoms with E-state index in [0.717, 1.165) is 44.9 Å². The van der Waals surface area contributed by atoms with Gasteiger partial charge in [-0.05, 0) is 12.8 Å².